The minimum atomic E-state index is -0.268. The fourth-order valence-corrected chi connectivity index (χ4v) is 3.51. The summed E-state index contributed by atoms with van der Waals surface area (Å²) in [6.07, 6.45) is 1.58. The molecule has 0 saturated carbocycles. The van der Waals surface area contributed by atoms with E-state index in [0.29, 0.717) is 35.3 Å². The first-order valence-electron chi connectivity index (χ1n) is 10.6. The van der Waals surface area contributed by atoms with Gasteiger partial charge < -0.3 is 9.47 Å². The number of carbonyl (C=O) groups excluding carboxylic acids is 1. The van der Waals surface area contributed by atoms with Crippen LogP contribution in [0, 0.1) is 0 Å². The molecule has 33 heavy (non-hydrogen) atoms. The van der Waals surface area contributed by atoms with Crippen LogP contribution < -0.4 is 14.9 Å². The molecule has 4 rings (SSSR count). The average Bonchev–Trinajstić information content (AvgIpc) is 2.84. The first-order chi connectivity index (χ1) is 16.1. The molecule has 0 aliphatic rings. The molecular formula is C27H23ClN2O3. The maximum absolute atomic E-state index is 12.6. The molecule has 0 spiro atoms. The van der Waals surface area contributed by atoms with Crippen LogP contribution in [-0.2, 0) is 6.61 Å². The average molecular weight is 459 g/mol. The SMILES string of the molecule is CCOc1cc(C=NNC(=O)c2cccc3ccccc23)ccc1OCc1ccc(Cl)cc1. The predicted molar refractivity (Wildman–Crippen MR) is 132 cm³/mol. The number of rotatable bonds is 8. The number of benzene rings is 4. The Morgan fingerprint density at radius 1 is 0.939 bits per heavy atom. The summed E-state index contributed by atoms with van der Waals surface area (Å²) in [5.74, 6) is 0.968. The van der Waals surface area contributed by atoms with Crippen LogP contribution in [0.4, 0.5) is 0 Å². The summed E-state index contributed by atoms with van der Waals surface area (Å²) in [7, 11) is 0. The number of halogens is 1. The lowest BCUT2D eigenvalue weighted by atomic mass is 10.0. The third-order valence-electron chi connectivity index (χ3n) is 4.99. The lowest BCUT2D eigenvalue weighted by Gasteiger charge is -2.12. The first kappa shape index (κ1) is 22.4. The Bertz CT molecular complexity index is 1280. The van der Waals surface area contributed by atoms with Crippen LogP contribution in [0.1, 0.15) is 28.4 Å². The molecule has 0 heterocycles. The maximum atomic E-state index is 12.6. The summed E-state index contributed by atoms with van der Waals surface area (Å²) >= 11 is 5.93. The van der Waals surface area contributed by atoms with Crippen molar-refractivity contribution in [1.29, 1.82) is 0 Å². The summed E-state index contributed by atoms with van der Waals surface area (Å²) in [6, 6.07) is 26.4. The Kier molecular flexibility index (Phi) is 7.22. The Morgan fingerprint density at radius 3 is 2.55 bits per heavy atom. The summed E-state index contributed by atoms with van der Waals surface area (Å²) in [5.41, 5.74) is 4.96. The van der Waals surface area contributed by atoms with E-state index >= 15 is 0 Å². The first-order valence-corrected chi connectivity index (χ1v) is 11.0. The van der Waals surface area contributed by atoms with E-state index in [0.717, 1.165) is 21.9 Å². The Morgan fingerprint density at radius 2 is 1.73 bits per heavy atom. The number of ether oxygens (including phenoxy) is 2. The Hall–Kier alpha value is -3.83. The highest BCUT2D eigenvalue weighted by Crippen LogP contribution is 2.29. The van der Waals surface area contributed by atoms with Gasteiger partial charge in [-0.25, -0.2) is 5.43 Å². The largest absolute Gasteiger partial charge is 0.490 e. The second-order valence-corrected chi connectivity index (χ2v) is 7.72. The lowest BCUT2D eigenvalue weighted by Crippen LogP contribution is -2.17. The molecule has 0 aliphatic heterocycles. The minimum absolute atomic E-state index is 0.268. The molecule has 0 radical (unpaired) electrons. The van der Waals surface area contributed by atoms with E-state index in [1.807, 2.05) is 85.8 Å². The van der Waals surface area contributed by atoms with Crippen LogP contribution in [0.15, 0.2) is 90.0 Å². The molecule has 1 N–H and O–H groups in total. The number of nitrogens with zero attached hydrogens (tertiary/aromatic N) is 1. The van der Waals surface area contributed by atoms with Crippen molar-refractivity contribution in [2.45, 2.75) is 13.5 Å². The number of hydrogen-bond donors (Lipinski definition) is 1. The topological polar surface area (TPSA) is 59.9 Å². The van der Waals surface area contributed by atoms with Gasteiger partial charge in [0.25, 0.3) is 5.91 Å². The third-order valence-corrected chi connectivity index (χ3v) is 5.24. The molecular weight excluding hydrogens is 436 g/mol. The maximum Gasteiger partial charge on any atom is 0.271 e. The smallest absolute Gasteiger partial charge is 0.271 e. The van der Waals surface area contributed by atoms with Crippen LogP contribution >= 0.6 is 11.6 Å². The van der Waals surface area contributed by atoms with Crippen molar-refractivity contribution < 1.29 is 14.3 Å². The van der Waals surface area contributed by atoms with Crippen molar-refractivity contribution in [3.05, 3.63) is 107 Å². The number of amides is 1. The van der Waals surface area contributed by atoms with Crippen molar-refractivity contribution in [1.82, 2.24) is 5.43 Å². The lowest BCUT2D eigenvalue weighted by molar-refractivity contribution is 0.0957. The zero-order chi connectivity index (χ0) is 23.0. The van der Waals surface area contributed by atoms with Gasteiger partial charge in [-0.2, -0.15) is 5.10 Å². The number of hydrogen-bond acceptors (Lipinski definition) is 4. The normalized spacial score (nSPS) is 11.0. The van der Waals surface area contributed by atoms with E-state index in [-0.39, 0.29) is 5.91 Å². The van der Waals surface area contributed by atoms with E-state index in [1.165, 1.54) is 0 Å². The van der Waals surface area contributed by atoms with Gasteiger partial charge in [0.05, 0.1) is 12.8 Å². The van der Waals surface area contributed by atoms with Gasteiger partial charge >= 0.3 is 0 Å². The molecule has 0 atom stereocenters. The standard InChI is InChI=1S/C27H23ClN2O3/c1-2-32-26-16-20(12-15-25(26)33-18-19-10-13-22(28)14-11-19)17-29-30-27(31)24-9-5-7-21-6-3-4-8-23(21)24/h3-17H,2,18H2,1H3,(H,30,31). The molecule has 0 saturated heterocycles. The monoisotopic (exact) mass is 458 g/mol. The van der Waals surface area contributed by atoms with E-state index in [9.17, 15) is 4.79 Å². The molecule has 6 heteroatoms. The van der Waals surface area contributed by atoms with Crippen molar-refractivity contribution in [2.75, 3.05) is 6.61 Å². The molecule has 4 aromatic carbocycles. The van der Waals surface area contributed by atoms with Gasteiger partial charge in [0.1, 0.15) is 6.61 Å². The summed E-state index contributed by atoms with van der Waals surface area (Å²) in [4.78, 5) is 12.6. The van der Waals surface area contributed by atoms with Crippen molar-refractivity contribution in [3.8, 4) is 11.5 Å². The Balaban J connectivity index is 1.44. The van der Waals surface area contributed by atoms with Crippen LogP contribution in [0.2, 0.25) is 5.02 Å². The minimum Gasteiger partial charge on any atom is -0.490 e. The summed E-state index contributed by atoms with van der Waals surface area (Å²) in [5, 5.41) is 6.70. The van der Waals surface area contributed by atoms with Crippen LogP contribution in [0.25, 0.3) is 10.8 Å². The highest BCUT2D eigenvalue weighted by molar-refractivity contribution is 6.30. The van der Waals surface area contributed by atoms with Gasteiger partial charge in [0, 0.05) is 10.6 Å². The van der Waals surface area contributed by atoms with E-state index in [4.69, 9.17) is 21.1 Å². The number of nitrogens with one attached hydrogen (secondary N) is 1. The summed E-state index contributed by atoms with van der Waals surface area (Å²) in [6.45, 7) is 2.80. The van der Waals surface area contributed by atoms with Gasteiger partial charge in [-0.3, -0.25) is 4.79 Å². The zero-order valence-corrected chi connectivity index (χ0v) is 18.9. The van der Waals surface area contributed by atoms with E-state index in [2.05, 4.69) is 10.5 Å². The van der Waals surface area contributed by atoms with E-state index in [1.54, 1.807) is 12.3 Å². The van der Waals surface area contributed by atoms with Gasteiger partial charge in [-0.1, -0.05) is 60.1 Å². The molecule has 0 aromatic heterocycles. The van der Waals surface area contributed by atoms with Crippen molar-refractivity contribution in [2.24, 2.45) is 5.10 Å². The molecule has 0 bridgehead atoms. The molecule has 0 unspecified atom stereocenters. The zero-order valence-electron chi connectivity index (χ0n) is 18.1. The third kappa shape index (κ3) is 5.70. The van der Waals surface area contributed by atoms with Crippen LogP contribution in [0.5, 0.6) is 11.5 Å². The molecule has 5 nitrogen and oxygen atoms in total. The number of hydrazone groups is 1. The number of fused-ring (bicyclic) bond motifs is 1. The Labute approximate surface area is 197 Å². The predicted octanol–water partition coefficient (Wildman–Crippen LogP) is 6.23. The fraction of sp³-hybridized carbons (Fsp3) is 0.111. The molecule has 4 aromatic rings. The molecule has 0 fully saturated rings. The van der Waals surface area contributed by atoms with Gasteiger partial charge in [0.2, 0.25) is 0 Å². The quantitative estimate of drug-likeness (QED) is 0.251. The van der Waals surface area contributed by atoms with Crippen LogP contribution in [-0.4, -0.2) is 18.7 Å². The van der Waals surface area contributed by atoms with Crippen molar-refractivity contribution in [3.63, 3.8) is 0 Å². The fourth-order valence-electron chi connectivity index (χ4n) is 3.38. The van der Waals surface area contributed by atoms with Crippen molar-refractivity contribution >= 4 is 34.5 Å². The summed E-state index contributed by atoms with van der Waals surface area (Å²) < 4.78 is 11.7. The number of carbonyl (C=O) groups is 1. The highest BCUT2D eigenvalue weighted by atomic mass is 35.5. The second kappa shape index (κ2) is 10.7. The van der Waals surface area contributed by atoms with E-state index < -0.39 is 0 Å². The highest BCUT2D eigenvalue weighted by Gasteiger charge is 2.09. The molecule has 1 amide bonds. The van der Waals surface area contributed by atoms with Gasteiger partial charge in [0.15, 0.2) is 11.5 Å². The van der Waals surface area contributed by atoms with Gasteiger partial charge in [-0.15, -0.1) is 0 Å². The van der Waals surface area contributed by atoms with Crippen LogP contribution in [0.3, 0.4) is 0 Å². The molecule has 166 valence electrons. The second-order valence-electron chi connectivity index (χ2n) is 7.28. The van der Waals surface area contributed by atoms with Gasteiger partial charge in [-0.05, 0) is 65.2 Å². The molecule has 0 aliphatic carbocycles.